The molecular weight excluding hydrogens is 396 g/mol. The molecule has 1 aliphatic carbocycles. The highest BCUT2D eigenvalue weighted by Gasteiger charge is 2.32. The average molecular weight is 419 g/mol. The number of fused-ring (bicyclic) bond motifs is 2. The molecule has 5 rings (SSSR count). The van der Waals surface area contributed by atoms with Crippen LogP contribution >= 0.6 is 0 Å². The molecule has 2 heterocycles. The monoisotopic (exact) mass is 418 g/mol. The Hall–Kier alpha value is -2.99. The Labute approximate surface area is 175 Å². The highest BCUT2D eigenvalue weighted by molar-refractivity contribution is 7.91. The minimum absolute atomic E-state index is 0.0170. The second kappa shape index (κ2) is 7.36. The molecule has 1 atom stereocenters. The van der Waals surface area contributed by atoms with Gasteiger partial charge in [0.25, 0.3) is 5.91 Å². The smallest absolute Gasteiger partial charge is 0.252 e. The summed E-state index contributed by atoms with van der Waals surface area (Å²) < 4.78 is 23.6. The molecule has 2 aromatic carbocycles. The normalized spacial score (nSPS) is 21.1. The number of amides is 1. The molecule has 2 aliphatic rings. The Balaban J connectivity index is 1.59. The van der Waals surface area contributed by atoms with Gasteiger partial charge in [-0.1, -0.05) is 48.5 Å². The van der Waals surface area contributed by atoms with Crippen molar-refractivity contribution in [2.75, 3.05) is 11.5 Å². The molecule has 6 heteroatoms. The number of benzene rings is 2. The first-order valence-electron chi connectivity index (χ1n) is 10.2. The van der Waals surface area contributed by atoms with Gasteiger partial charge in [-0.3, -0.25) is 4.79 Å². The Morgan fingerprint density at radius 2 is 1.80 bits per heavy atom. The summed E-state index contributed by atoms with van der Waals surface area (Å²) in [5.74, 6) is -0.0480. The average Bonchev–Trinajstić information content (AvgIpc) is 3.29. The predicted octanol–water partition coefficient (Wildman–Crippen LogP) is 3.64. The van der Waals surface area contributed by atoms with E-state index in [-0.39, 0.29) is 23.5 Å². The lowest BCUT2D eigenvalue weighted by Crippen LogP contribution is -2.36. The third-order valence-corrected chi connectivity index (χ3v) is 7.64. The molecule has 5 nitrogen and oxygen atoms in total. The zero-order chi connectivity index (χ0) is 20.7. The van der Waals surface area contributed by atoms with Crippen LogP contribution in [0.1, 0.15) is 40.0 Å². The molecule has 152 valence electrons. The predicted molar refractivity (Wildman–Crippen MR) is 119 cm³/mol. The standard InChI is InChI=1S/C24H22N2O3S/c27-24(25-18-12-13-30(28,29)15-18)22-19-8-4-5-9-21(19)26-23-17(10-11-20(22)23)14-16-6-2-1-3-7-16/h1-9,14,18H,10-13,15H2,(H,25,27). The maximum absolute atomic E-state index is 13.3. The van der Waals surface area contributed by atoms with Crippen LogP contribution in [0, 0.1) is 0 Å². The molecule has 0 saturated carbocycles. The number of aromatic nitrogens is 1. The lowest BCUT2D eigenvalue weighted by molar-refractivity contribution is 0.0942. The summed E-state index contributed by atoms with van der Waals surface area (Å²) in [5.41, 5.74) is 5.48. The fourth-order valence-corrected chi connectivity index (χ4v) is 6.13. The van der Waals surface area contributed by atoms with Crippen molar-refractivity contribution in [3.05, 3.63) is 77.0 Å². The molecule has 30 heavy (non-hydrogen) atoms. The summed E-state index contributed by atoms with van der Waals surface area (Å²) in [6, 6.07) is 17.4. The summed E-state index contributed by atoms with van der Waals surface area (Å²) in [6.07, 6.45) is 4.18. The van der Waals surface area contributed by atoms with E-state index in [1.54, 1.807) is 0 Å². The van der Waals surface area contributed by atoms with Crippen molar-refractivity contribution in [2.45, 2.75) is 25.3 Å². The zero-order valence-corrected chi connectivity index (χ0v) is 17.3. The number of para-hydroxylation sites is 1. The number of rotatable bonds is 3. The van der Waals surface area contributed by atoms with Gasteiger partial charge in [-0.2, -0.15) is 0 Å². The van der Waals surface area contributed by atoms with Crippen LogP contribution in [0.2, 0.25) is 0 Å². The van der Waals surface area contributed by atoms with E-state index in [1.807, 2.05) is 42.5 Å². The van der Waals surface area contributed by atoms with Crippen molar-refractivity contribution >= 4 is 38.3 Å². The number of hydrogen-bond acceptors (Lipinski definition) is 4. The Morgan fingerprint density at radius 1 is 1.03 bits per heavy atom. The van der Waals surface area contributed by atoms with E-state index < -0.39 is 9.84 Å². The van der Waals surface area contributed by atoms with Crippen LogP contribution in [0.3, 0.4) is 0 Å². The highest BCUT2D eigenvalue weighted by atomic mass is 32.2. The van der Waals surface area contributed by atoms with Crippen molar-refractivity contribution in [1.82, 2.24) is 10.3 Å². The number of nitrogens with one attached hydrogen (secondary N) is 1. The van der Waals surface area contributed by atoms with E-state index in [0.29, 0.717) is 12.0 Å². The van der Waals surface area contributed by atoms with E-state index in [4.69, 9.17) is 4.98 Å². The van der Waals surface area contributed by atoms with Gasteiger partial charge >= 0.3 is 0 Å². The van der Waals surface area contributed by atoms with E-state index in [2.05, 4.69) is 23.5 Å². The van der Waals surface area contributed by atoms with Gasteiger partial charge in [-0.15, -0.1) is 0 Å². The van der Waals surface area contributed by atoms with Gasteiger partial charge in [-0.25, -0.2) is 13.4 Å². The van der Waals surface area contributed by atoms with E-state index >= 15 is 0 Å². The van der Waals surface area contributed by atoms with Crippen LogP contribution in [-0.4, -0.2) is 36.9 Å². The summed E-state index contributed by atoms with van der Waals surface area (Å²) >= 11 is 0. The van der Waals surface area contributed by atoms with Gasteiger partial charge in [0, 0.05) is 11.4 Å². The second-order valence-corrected chi connectivity index (χ2v) is 10.2. The van der Waals surface area contributed by atoms with Crippen molar-refractivity contribution < 1.29 is 13.2 Å². The molecule has 1 unspecified atom stereocenters. The molecule has 0 bridgehead atoms. The van der Waals surface area contributed by atoms with Crippen molar-refractivity contribution in [3.8, 4) is 0 Å². The van der Waals surface area contributed by atoms with Gasteiger partial charge in [0.15, 0.2) is 9.84 Å². The van der Waals surface area contributed by atoms with Gasteiger partial charge in [-0.05, 0) is 48.1 Å². The van der Waals surface area contributed by atoms with Crippen molar-refractivity contribution in [2.24, 2.45) is 0 Å². The minimum Gasteiger partial charge on any atom is -0.348 e. The molecule has 3 aromatic rings. The molecule has 1 aliphatic heterocycles. The lowest BCUT2D eigenvalue weighted by Gasteiger charge is -2.15. The SMILES string of the molecule is O=C(NC1CCS(=O)(=O)C1)c1c2c(nc3ccccc13)C(=Cc1ccccc1)CC2. The third kappa shape index (κ3) is 3.52. The molecule has 1 aromatic heterocycles. The van der Waals surface area contributed by atoms with E-state index in [1.165, 1.54) is 0 Å². The molecular formula is C24H22N2O3S. The van der Waals surface area contributed by atoms with Crippen LogP contribution < -0.4 is 5.32 Å². The van der Waals surface area contributed by atoms with Crippen LogP contribution in [0.4, 0.5) is 0 Å². The minimum atomic E-state index is -3.06. The first-order chi connectivity index (χ1) is 14.5. The van der Waals surface area contributed by atoms with Gasteiger partial charge < -0.3 is 5.32 Å². The molecule has 1 N–H and O–H groups in total. The maximum Gasteiger partial charge on any atom is 0.252 e. The Morgan fingerprint density at radius 3 is 2.57 bits per heavy atom. The summed E-state index contributed by atoms with van der Waals surface area (Å²) in [6.45, 7) is 0. The summed E-state index contributed by atoms with van der Waals surface area (Å²) in [5, 5.41) is 3.79. The largest absolute Gasteiger partial charge is 0.348 e. The third-order valence-electron chi connectivity index (χ3n) is 5.88. The topological polar surface area (TPSA) is 76.1 Å². The number of hydrogen-bond donors (Lipinski definition) is 1. The van der Waals surface area contributed by atoms with Crippen LogP contribution in [0.25, 0.3) is 22.6 Å². The number of carbonyl (C=O) groups is 1. The molecule has 0 radical (unpaired) electrons. The van der Waals surface area contributed by atoms with E-state index in [9.17, 15) is 13.2 Å². The van der Waals surface area contributed by atoms with Crippen molar-refractivity contribution in [3.63, 3.8) is 0 Å². The molecule has 0 spiro atoms. The fraction of sp³-hybridized carbons (Fsp3) is 0.250. The van der Waals surface area contributed by atoms with E-state index in [0.717, 1.165) is 46.1 Å². The van der Waals surface area contributed by atoms with Gasteiger partial charge in [0.1, 0.15) is 0 Å². The second-order valence-electron chi connectivity index (χ2n) is 7.98. The fourth-order valence-electron chi connectivity index (χ4n) is 4.46. The first-order valence-corrected chi connectivity index (χ1v) is 12.0. The van der Waals surface area contributed by atoms with Crippen LogP contribution in [0.5, 0.6) is 0 Å². The van der Waals surface area contributed by atoms with Crippen LogP contribution in [-0.2, 0) is 16.3 Å². The number of allylic oxidation sites excluding steroid dienone is 1. The Bertz CT molecular complexity index is 1280. The van der Waals surface area contributed by atoms with Gasteiger partial charge in [0.2, 0.25) is 0 Å². The number of pyridine rings is 1. The maximum atomic E-state index is 13.3. The highest BCUT2D eigenvalue weighted by Crippen LogP contribution is 2.37. The quantitative estimate of drug-likeness (QED) is 0.705. The molecule has 1 saturated heterocycles. The molecule has 1 amide bonds. The Kier molecular flexibility index (Phi) is 4.66. The van der Waals surface area contributed by atoms with Crippen LogP contribution in [0.15, 0.2) is 54.6 Å². The summed E-state index contributed by atoms with van der Waals surface area (Å²) in [4.78, 5) is 18.2. The lowest BCUT2D eigenvalue weighted by atomic mass is 9.99. The molecule has 1 fully saturated rings. The first kappa shape index (κ1) is 19.0. The van der Waals surface area contributed by atoms with Gasteiger partial charge in [0.05, 0.1) is 28.3 Å². The number of nitrogens with zero attached hydrogens (tertiary/aromatic N) is 1. The number of carbonyl (C=O) groups excluding carboxylic acids is 1. The van der Waals surface area contributed by atoms with Crippen molar-refractivity contribution in [1.29, 1.82) is 0 Å². The summed E-state index contributed by atoms with van der Waals surface area (Å²) in [7, 11) is -3.06. The number of sulfone groups is 1. The zero-order valence-electron chi connectivity index (χ0n) is 16.5.